The lowest BCUT2D eigenvalue weighted by Gasteiger charge is -2.44. The molecule has 0 fully saturated rings. The summed E-state index contributed by atoms with van der Waals surface area (Å²) in [7, 11) is -3.09. The number of halogens is 2. The highest BCUT2D eigenvalue weighted by Crippen LogP contribution is 2.47. The Balaban J connectivity index is 1.73. The van der Waals surface area contributed by atoms with E-state index < -0.39 is 55.5 Å². The molecule has 2 aromatic heterocycles. The largest absolute Gasteiger partial charge is 0.461 e. The van der Waals surface area contributed by atoms with Crippen molar-refractivity contribution in [1.29, 1.82) is 0 Å². The Morgan fingerprint density at radius 3 is 2.50 bits per heavy atom. The van der Waals surface area contributed by atoms with Crippen molar-refractivity contribution in [2.75, 3.05) is 18.7 Å². The molecule has 14 heteroatoms. The van der Waals surface area contributed by atoms with Gasteiger partial charge in [0.25, 0.3) is 5.91 Å². The topological polar surface area (TPSA) is 144 Å². The highest BCUT2D eigenvalue weighted by atomic mass is 32.2. The number of pyridine rings is 2. The minimum Gasteiger partial charge on any atom is -0.461 e. The van der Waals surface area contributed by atoms with Crippen LogP contribution in [0.3, 0.4) is 0 Å². The fourth-order valence-electron chi connectivity index (χ4n) is 4.74. The Morgan fingerprint density at radius 2 is 1.88 bits per heavy atom. The molecule has 4 heterocycles. The van der Waals surface area contributed by atoms with Crippen LogP contribution in [0.1, 0.15) is 64.1 Å². The number of nitrogens with zero attached hydrogens (tertiary/aromatic N) is 4. The van der Waals surface area contributed by atoms with E-state index in [0.29, 0.717) is 6.42 Å². The van der Waals surface area contributed by atoms with E-state index in [9.17, 15) is 18.2 Å². The summed E-state index contributed by atoms with van der Waals surface area (Å²) in [5.41, 5.74) is -2.49. The number of aliphatic imine (C=N–C) groups is 1. The van der Waals surface area contributed by atoms with Crippen molar-refractivity contribution < 1.29 is 32.1 Å². The molecule has 0 saturated heterocycles. The van der Waals surface area contributed by atoms with Crippen LogP contribution in [0.4, 0.5) is 19.4 Å². The number of amidine groups is 1. The lowest BCUT2D eigenvalue weighted by molar-refractivity contribution is 0.0560. The molecule has 0 spiro atoms. The molecule has 0 radical (unpaired) electrons. The number of alkyl carbamates (subject to hydrolysis) is 1. The highest BCUT2D eigenvalue weighted by molar-refractivity contribution is 7.96. The molecule has 216 valence electrons. The van der Waals surface area contributed by atoms with Gasteiger partial charge in [0.05, 0.1) is 21.2 Å². The number of rotatable bonds is 5. The second kappa shape index (κ2) is 10.4. The number of carbonyl (C=O) groups excluding carboxylic acids is 2. The number of aromatic nitrogens is 2. The minimum atomic E-state index is -3.09. The van der Waals surface area contributed by atoms with Gasteiger partial charge in [-0.25, -0.2) is 32.1 Å². The summed E-state index contributed by atoms with van der Waals surface area (Å²) in [5.74, 6) is -1.21. The maximum atomic E-state index is 15.4. The van der Waals surface area contributed by atoms with E-state index in [1.54, 1.807) is 41.5 Å². The summed E-state index contributed by atoms with van der Waals surface area (Å²) >= 11 is 0. The van der Waals surface area contributed by atoms with Crippen molar-refractivity contribution in [3.05, 3.63) is 47.7 Å². The lowest BCUT2D eigenvalue weighted by Crippen LogP contribution is -2.61. The van der Waals surface area contributed by atoms with Crippen molar-refractivity contribution in [2.24, 2.45) is 9.36 Å². The zero-order valence-corrected chi connectivity index (χ0v) is 23.9. The average Bonchev–Trinajstić information content (AvgIpc) is 3.28. The smallest absolute Gasteiger partial charge is 0.413 e. The maximum Gasteiger partial charge on any atom is 0.413 e. The molecule has 2 aromatic rings. The van der Waals surface area contributed by atoms with Crippen LogP contribution >= 0.6 is 0 Å². The Bertz CT molecular complexity index is 1480. The summed E-state index contributed by atoms with van der Waals surface area (Å²) in [6.45, 7) is 9.27. The standard InChI is InChI=1S/C26H32F2N6O5S/c1-24(2,3)39-23(36)33-22-25(4,5)40(37)18(11-12-30-40)26(6,34-22)20-16(28)8-10-19(31-20)32-21(35)17-9-7-15(13-29-17)38-14-27/h7-10,13,18H,11-12,14H2,1-6H3,(H,31,32,35)(H,33,34,36)/t18-,26+,40+/m1/s1. The summed E-state index contributed by atoms with van der Waals surface area (Å²) < 4.78 is 55.5. The van der Waals surface area contributed by atoms with E-state index >= 15 is 4.39 Å². The van der Waals surface area contributed by atoms with Gasteiger partial charge in [0.15, 0.2) is 0 Å². The first-order chi connectivity index (χ1) is 18.6. The van der Waals surface area contributed by atoms with E-state index in [0.717, 1.165) is 6.07 Å². The normalized spacial score (nSPS) is 25.2. The van der Waals surface area contributed by atoms with E-state index in [-0.39, 0.29) is 35.3 Å². The molecule has 2 amide bonds. The fraction of sp³-hybridized carbons (Fsp3) is 0.500. The summed E-state index contributed by atoms with van der Waals surface area (Å²) in [6.07, 6.45) is 0.749. The second-order valence-electron chi connectivity index (χ2n) is 11.1. The molecule has 0 aromatic carbocycles. The maximum absolute atomic E-state index is 15.4. The molecule has 3 atom stereocenters. The van der Waals surface area contributed by atoms with Gasteiger partial charge < -0.3 is 14.8 Å². The predicted molar refractivity (Wildman–Crippen MR) is 145 cm³/mol. The van der Waals surface area contributed by atoms with Crippen molar-refractivity contribution in [1.82, 2.24) is 15.3 Å². The third kappa shape index (κ3) is 5.36. The van der Waals surface area contributed by atoms with Crippen molar-refractivity contribution in [3.63, 3.8) is 0 Å². The first-order valence-electron chi connectivity index (χ1n) is 12.6. The van der Waals surface area contributed by atoms with Gasteiger partial charge in [0.2, 0.25) is 6.86 Å². The number of anilines is 1. The first-order valence-corrected chi connectivity index (χ1v) is 14.1. The van der Waals surface area contributed by atoms with Crippen LogP contribution in [0.5, 0.6) is 5.75 Å². The molecule has 2 N–H and O–H groups in total. The van der Waals surface area contributed by atoms with Gasteiger partial charge in [-0.15, -0.1) is 0 Å². The Morgan fingerprint density at radius 1 is 1.15 bits per heavy atom. The summed E-state index contributed by atoms with van der Waals surface area (Å²) in [5, 5.41) is 4.45. The average molecular weight is 579 g/mol. The zero-order chi connectivity index (χ0) is 29.5. The molecule has 2 aliphatic heterocycles. The molecular weight excluding hydrogens is 546 g/mol. The third-order valence-electron chi connectivity index (χ3n) is 6.71. The molecule has 4 rings (SSSR count). The Labute approximate surface area is 231 Å². The quantitative estimate of drug-likeness (QED) is 0.537. The van der Waals surface area contributed by atoms with Crippen molar-refractivity contribution >= 4 is 33.4 Å². The monoisotopic (exact) mass is 578 g/mol. The zero-order valence-electron chi connectivity index (χ0n) is 23.1. The van der Waals surface area contributed by atoms with Crippen molar-refractivity contribution in [2.45, 2.75) is 69.1 Å². The molecule has 40 heavy (non-hydrogen) atoms. The van der Waals surface area contributed by atoms with Crippen LogP contribution in [0.15, 0.2) is 39.8 Å². The number of fused-ring (bicyclic) bond motifs is 1. The van der Waals surface area contributed by atoms with Gasteiger partial charge in [-0.2, -0.15) is 0 Å². The van der Waals surface area contributed by atoms with Gasteiger partial charge >= 0.3 is 6.09 Å². The van der Waals surface area contributed by atoms with Gasteiger partial charge in [-0.05, 0) is 72.2 Å². The Hall–Kier alpha value is -3.68. The number of amides is 2. The number of carbonyl (C=O) groups is 2. The summed E-state index contributed by atoms with van der Waals surface area (Å²) in [6, 6.07) is 5.11. The molecule has 0 bridgehead atoms. The molecular formula is C26H32F2N6O5S. The van der Waals surface area contributed by atoms with Crippen molar-refractivity contribution in [3.8, 4) is 5.75 Å². The minimum absolute atomic E-state index is 0.00312. The van der Waals surface area contributed by atoms with Gasteiger partial charge in [0.1, 0.15) is 50.5 Å². The van der Waals surface area contributed by atoms with Crippen LogP contribution in [-0.4, -0.2) is 61.0 Å². The van der Waals surface area contributed by atoms with Gasteiger partial charge in [-0.1, -0.05) is 0 Å². The lowest BCUT2D eigenvalue weighted by atomic mass is 9.89. The molecule has 0 aliphatic carbocycles. The van der Waals surface area contributed by atoms with E-state index in [4.69, 9.17) is 9.73 Å². The van der Waals surface area contributed by atoms with Crippen LogP contribution < -0.4 is 15.4 Å². The third-order valence-corrected chi connectivity index (χ3v) is 10.4. The number of nitrogens with one attached hydrogen (secondary N) is 2. The van der Waals surface area contributed by atoms with Crippen LogP contribution in [0.25, 0.3) is 0 Å². The summed E-state index contributed by atoms with van der Waals surface area (Å²) in [4.78, 5) is 38.5. The Kier molecular flexibility index (Phi) is 7.60. The predicted octanol–water partition coefficient (Wildman–Crippen LogP) is 4.34. The van der Waals surface area contributed by atoms with E-state index in [2.05, 4.69) is 29.7 Å². The highest BCUT2D eigenvalue weighted by Gasteiger charge is 2.58. The van der Waals surface area contributed by atoms with Gasteiger partial charge in [0, 0.05) is 6.54 Å². The fourth-order valence-corrected chi connectivity index (χ4v) is 7.91. The van der Waals surface area contributed by atoms with Crippen LogP contribution in [0, 0.1) is 5.82 Å². The molecule has 11 nitrogen and oxygen atoms in total. The molecule has 0 unspecified atom stereocenters. The van der Waals surface area contributed by atoms with E-state index in [1.165, 1.54) is 24.4 Å². The molecule has 0 saturated carbocycles. The second-order valence-corrected chi connectivity index (χ2v) is 14.0. The van der Waals surface area contributed by atoms with Crippen LogP contribution in [0.2, 0.25) is 0 Å². The molecule has 2 aliphatic rings. The SMILES string of the molecule is CC(C)(C)OC(=O)NC1=N[C@](C)(c2nc(NC(=O)c3ccc(OCF)cn3)ccc2F)[C@H]2CCN=[S@@]2(=O)C1(C)C. The van der Waals surface area contributed by atoms with Crippen LogP contribution in [-0.2, 0) is 20.0 Å². The number of hydrogen-bond acceptors (Lipinski definition) is 9. The van der Waals surface area contributed by atoms with Gasteiger partial charge in [-0.3, -0.25) is 15.1 Å². The number of ether oxygens (including phenoxy) is 2. The van der Waals surface area contributed by atoms with E-state index in [1.807, 2.05) is 0 Å². The number of alkyl halides is 1. The number of hydrogen-bond donors (Lipinski definition) is 2. The first kappa shape index (κ1) is 29.3.